The van der Waals surface area contributed by atoms with Gasteiger partial charge in [0.1, 0.15) is 0 Å². The van der Waals surface area contributed by atoms with Gasteiger partial charge >= 0.3 is 33.2 Å². The van der Waals surface area contributed by atoms with Crippen molar-refractivity contribution in [2.24, 2.45) is 0 Å². The zero-order valence-corrected chi connectivity index (χ0v) is 7.01. The minimum atomic E-state index is 0. The van der Waals surface area contributed by atoms with Crippen LogP contribution in [-0.4, -0.2) is 5.48 Å². The van der Waals surface area contributed by atoms with Gasteiger partial charge in [-0.2, -0.15) is 0 Å². The molecule has 8 N–H and O–H groups in total. The van der Waals surface area contributed by atoms with E-state index < -0.39 is 0 Å². The predicted octanol–water partition coefficient (Wildman–Crippen LogP) is -0.293. The van der Waals surface area contributed by atoms with Crippen LogP contribution in [0.15, 0.2) is 0 Å². The summed E-state index contributed by atoms with van der Waals surface area (Å²) in [6.45, 7) is 0. The summed E-state index contributed by atoms with van der Waals surface area (Å²) in [7, 11) is 9.47. The van der Waals surface area contributed by atoms with E-state index in [0.29, 0.717) is 12.9 Å². The summed E-state index contributed by atoms with van der Waals surface area (Å²) in [5.41, 5.74) is 0. The number of hydrogen-bond acceptors (Lipinski definition) is 0. The molecule has 62 valence electrons. The fourth-order valence-corrected chi connectivity index (χ4v) is 0. The molecule has 0 aromatic carbocycles. The molecule has 0 saturated heterocycles. The Morgan fingerprint density at radius 2 is 0.875 bits per heavy atom. The van der Waals surface area contributed by atoms with Gasteiger partial charge in [0.25, 0.3) is 0 Å². The Hall–Kier alpha value is 1.22. The second-order valence-corrected chi connectivity index (χ2v) is 1.77. The van der Waals surface area contributed by atoms with Gasteiger partial charge in [-0.05, 0) is 0 Å². The molecule has 0 atom stereocenters. The van der Waals surface area contributed by atoms with E-state index in [9.17, 15) is 0 Å². The van der Waals surface area contributed by atoms with Gasteiger partial charge in [-0.25, -0.2) is 0 Å². The molecule has 0 aliphatic heterocycles. The maximum atomic E-state index is 4.73. The maximum Gasteiger partial charge on any atom is -0.693 e. The molecule has 0 spiro atoms. The van der Waals surface area contributed by atoms with Crippen molar-refractivity contribution in [1.29, 1.82) is 0 Å². The molecule has 4 nitrogen and oxygen atoms in total. The first-order valence-corrected chi connectivity index (χ1v) is 3.12. The normalized spacial score (nSPS) is 2.75. The van der Waals surface area contributed by atoms with Crippen LogP contribution in [-0.2, 0) is 12.9 Å². The van der Waals surface area contributed by atoms with E-state index in [1.165, 1.54) is 0 Å². The van der Waals surface area contributed by atoms with Crippen LogP contribution in [0.5, 0.6) is 0 Å². The third kappa shape index (κ3) is 188. The molecule has 0 aromatic rings. The van der Waals surface area contributed by atoms with Gasteiger partial charge in [0.15, 0.2) is 0 Å². The molecule has 0 saturated carbocycles. The van der Waals surface area contributed by atoms with E-state index >= 15 is 0 Å². The molecule has 0 bridgehead atoms. The third-order valence-corrected chi connectivity index (χ3v) is 0. The summed E-state index contributed by atoms with van der Waals surface area (Å²) in [6.07, 6.45) is 0. The van der Waals surface area contributed by atoms with Crippen LogP contribution in [0, 0.1) is 0 Å². The van der Waals surface area contributed by atoms with Crippen molar-refractivity contribution >= 4 is 20.3 Å². The number of nitrogens with two attached hydrogens (primary N) is 3. The average Bonchev–Trinajstić information content (AvgIpc) is 0.918. The van der Waals surface area contributed by atoms with Crippen molar-refractivity contribution in [3.63, 3.8) is 0 Å². The molecule has 0 amide bonds. The van der Waals surface area contributed by atoms with E-state index in [2.05, 4.69) is 0 Å². The molecule has 0 aliphatic carbocycles. The van der Waals surface area contributed by atoms with Crippen molar-refractivity contribution in [3.8, 4) is 0 Å². The Morgan fingerprint density at radius 1 is 0.875 bits per heavy atom. The number of rotatable bonds is 0. The zero-order valence-electron chi connectivity index (χ0n) is 3.70. The third-order valence-electron chi connectivity index (χ3n) is 0. The van der Waals surface area contributed by atoms with Crippen LogP contribution < -0.4 is 12.4 Å². The van der Waals surface area contributed by atoms with Crippen molar-refractivity contribution in [2.75, 3.05) is 0 Å². The second-order valence-electron chi connectivity index (χ2n) is 0.0476. The Kier molecular flexibility index (Phi) is 655. The summed E-state index contributed by atoms with van der Waals surface area (Å²) in [4.78, 5) is 0. The number of hydrogen-bond donors (Lipinski definition) is 0. The monoisotopic (exact) mass is 230 g/mol. The van der Waals surface area contributed by atoms with E-state index in [4.69, 9.17) is 20.3 Å². The predicted molar refractivity (Wildman–Crippen MR) is 31.2 cm³/mol. The Balaban J connectivity index is -0.00000000200. The van der Waals surface area contributed by atoms with Gasteiger partial charge in [0.05, 0.1) is 0 Å². The topological polar surface area (TPSA) is 132 Å². The second kappa shape index (κ2) is 87.1. The Labute approximate surface area is 69.6 Å². The molecule has 0 heterocycles. The Bertz CT molecular complexity index is 14.5. The zero-order chi connectivity index (χ0) is 2.71. The SMILES string of the molecule is O.[Cl-].[Cl][Co+][Cl].[NH2-].[NH2-].[NH2-]. The van der Waals surface area contributed by atoms with Crippen molar-refractivity contribution in [2.45, 2.75) is 0 Å². The van der Waals surface area contributed by atoms with Crippen LogP contribution >= 0.6 is 20.3 Å². The van der Waals surface area contributed by atoms with Gasteiger partial charge in [0.2, 0.25) is 0 Å². The molecule has 8 heteroatoms. The van der Waals surface area contributed by atoms with Gasteiger partial charge in [0, 0.05) is 0 Å². The van der Waals surface area contributed by atoms with Crippen LogP contribution in [0.25, 0.3) is 18.5 Å². The van der Waals surface area contributed by atoms with Gasteiger partial charge in [-0.1, -0.05) is 0 Å². The summed E-state index contributed by atoms with van der Waals surface area (Å²) in [5.74, 6) is 0. The minimum absolute atomic E-state index is 0. The first kappa shape index (κ1) is 60.1. The summed E-state index contributed by atoms with van der Waals surface area (Å²) < 4.78 is 0. The van der Waals surface area contributed by atoms with Crippen LogP contribution in [0.1, 0.15) is 0 Å². The average molecular weight is 231 g/mol. The van der Waals surface area contributed by atoms with Gasteiger partial charge in [-0.15, -0.1) is 0 Å². The smallest absolute Gasteiger partial charge is 0.693 e. The van der Waals surface area contributed by atoms with E-state index in [0.717, 1.165) is 0 Å². The van der Waals surface area contributed by atoms with Crippen molar-refractivity contribution < 1.29 is 30.8 Å². The quantitative estimate of drug-likeness (QED) is 0.542. The van der Waals surface area contributed by atoms with Crippen molar-refractivity contribution in [1.82, 2.24) is 0 Å². The fraction of sp³-hybridized carbons (Fsp3) is 0. The molecule has 0 unspecified atom stereocenters. The van der Waals surface area contributed by atoms with E-state index in [1.807, 2.05) is 0 Å². The fourth-order valence-electron chi connectivity index (χ4n) is 0. The summed E-state index contributed by atoms with van der Waals surface area (Å²) >= 11 is 0.382. The summed E-state index contributed by atoms with van der Waals surface area (Å²) in [6, 6.07) is 0. The van der Waals surface area contributed by atoms with Gasteiger partial charge in [-0.3, -0.25) is 0 Å². The van der Waals surface area contributed by atoms with E-state index in [-0.39, 0.29) is 36.3 Å². The largest absolute Gasteiger partial charge is 0.693 e. The number of halogens is 3. The maximum absolute atomic E-state index is 4.73. The molecule has 0 fully saturated rings. The molecule has 0 radical (unpaired) electrons. The molecular formula is H8Cl3CoN3O-3. The minimum Gasteiger partial charge on any atom is -0.693 e. The van der Waals surface area contributed by atoms with Crippen LogP contribution in [0.3, 0.4) is 0 Å². The van der Waals surface area contributed by atoms with Crippen LogP contribution in [0.2, 0.25) is 0 Å². The molecular weight excluding hydrogens is 223 g/mol. The standard InChI is InChI=1S/3ClH.Co.3H2N.H2O/h3*1H;;4*1H2/q;;;+3;3*-1;/p-3. The van der Waals surface area contributed by atoms with E-state index in [1.54, 1.807) is 0 Å². The van der Waals surface area contributed by atoms with Gasteiger partial charge < -0.3 is 36.3 Å². The van der Waals surface area contributed by atoms with Crippen LogP contribution in [0.4, 0.5) is 0 Å². The van der Waals surface area contributed by atoms with Crippen molar-refractivity contribution in [3.05, 3.63) is 18.5 Å². The summed E-state index contributed by atoms with van der Waals surface area (Å²) in [5, 5.41) is 0. The molecule has 0 rings (SSSR count). The first-order chi connectivity index (χ1) is 1.41. The molecule has 0 aliphatic rings. The first-order valence-electron chi connectivity index (χ1n) is 0.252. The molecule has 0 aromatic heterocycles. The Morgan fingerprint density at radius 3 is 0.875 bits per heavy atom. The molecule has 8 heavy (non-hydrogen) atoms.